The van der Waals surface area contributed by atoms with Gasteiger partial charge < -0.3 is 0 Å². The highest BCUT2D eigenvalue weighted by atomic mass is 19.1. The number of rotatable bonds is 1. The van der Waals surface area contributed by atoms with Crippen molar-refractivity contribution in [1.82, 2.24) is 20.0 Å². The summed E-state index contributed by atoms with van der Waals surface area (Å²) in [6.45, 7) is 3.56. The summed E-state index contributed by atoms with van der Waals surface area (Å²) >= 11 is 0. The molecular weight excluding hydrogens is 247 g/mol. The Morgan fingerprint density at radius 1 is 1.26 bits per heavy atom. The van der Waals surface area contributed by atoms with Crippen molar-refractivity contribution >= 4 is 10.9 Å². The zero-order chi connectivity index (χ0) is 13.6. The van der Waals surface area contributed by atoms with Gasteiger partial charge in [0.15, 0.2) is 5.52 Å². The van der Waals surface area contributed by atoms with E-state index in [1.54, 1.807) is 32.0 Å². The third-order valence-electron chi connectivity index (χ3n) is 3.10. The van der Waals surface area contributed by atoms with Crippen LogP contribution < -0.4 is 5.56 Å². The number of H-pyrrole nitrogens is 1. The number of hydrogen-bond donors (Lipinski definition) is 1. The lowest BCUT2D eigenvalue weighted by molar-refractivity contribution is 0.609. The molecule has 5 nitrogen and oxygen atoms in total. The summed E-state index contributed by atoms with van der Waals surface area (Å²) in [6.07, 6.45) is 0. The second kappa shape index (κ2) is 4.01. The number of nitrogens with one attached hydrogen (secondary N) is 1. The molecule has 2 heterocycles. The van der Waals surface area contributed by atoms with Gasteiger partial charge in [-0.25, -0.2) is 14.2 Å². The number of aromatic nitrogens is 4. The van der Waals surface area contributed by atoms with E-state index in [9.17, 15) is 9.18 Å². The van der Waals surface area contributed by atoms with E-state index in [1.807, 2.05) is 0 Å². The summed E-state index contributed by atoms with van der Waals surface area (Å²) in [6, 6.07) is 6.30. The van der Waals surface area contributed by atoms with Crippen LogP contribution in [0.2, 0.25) is 0 Å². The number of benzene rings is 1. The van der Waals surface area contributed by atoms with Crippen LogP contribution in [0.3, 0.4) is 0 Å². The van der Waals surface area contributed by atoms with Gasteiger partial charge in [0.05, 0.1) is 16.8 Å². The van der Waals surface area contributed by atoms with Crippen LogP contribution in [-0.4, -0.2) is 20.0 Å². The van der Waals surface area contributed by atoms with Crippen molar-refractivity contribution in [3.63, 3.8) is 0 Å². The van der Waals surface area contributed by atoms with Crippen molar-refractivity contribution in [3.8, 4) is 5.69 Å². The normalized spacial score (nSPS) is 11.1. The quantitative estimate of drug-likeness (QED) is 0.724. The fraction of sp³-hybridized carbons (Fsp3) is 0.154. The molecule has 3 aromatic rings. The molecule has 96 valence electrons. The lowest BCUT2D eigenvalue weighted by Gasteiger charge is -2.04. The number of halogens is 1. The van der Waals surface area contributed by atoms with E-state index in [0.29, 0.717) is 22.5 Å². The molecule has 0 saturated heterocycles. The zero-order valence-corrected chi connectivity index (χ0v) is 10.4. The minimum atomic E-state index is -0.388. The Hall–Kier alpha value is -2.50. The molecule has 0 spiro atoms. The Bertz CT molecular complexity index is 834. The molecule has 0 fully saturated rings. The lowest BCUT2D eigenvalue weighted by Crippen LogP contribution is -2.09. The number of para-hydroxylation sites is 1. The first-order valence-electron chi connectivity index (χ1n) is 5.79. The Kier molecular flexibility index (Phi) is 2.45. The van der Waals surface area contributed by atoms with E-state index in [1.165, 1.54) is 10.7 Å². The molecule has 1 N–H and O–H groups in total. The van der Waals surface area contributed by atoms with E-state index in [0.717, 1.165) is 0 Å². The van der Waals surface area contributed by atoms with Crippen LogP contribution in [0.1, 0.15) is 11.4 Å². The van der Waals surface area contributed by atoms with Gasteiger partial charge >= 0.3 is 0 Å². The number of aromatic amines is 1. The monoisotopic (exact) mass is 258 g/mol. The fourth-order valence-corrected chi connectivity index (χ4v) is 2.20. The number of hydrogen-bond acceptors (Lipinski definition) is 3. The van der Waals surface area contributed by atoms with E-state index >= 15 is 0 Å². The number of aryl methyl sites for hydroxylation is 2. The van der Waals surface area contributed by atoms with Crippen LogP contribution in [0.4, 0.5) is 4.39 Å². The Morgan fingerprint density at radius 2 is 2.00 bits per heavy atom. The minimum Gasteiger partial charge on any atom is -0.265 e. The third kappa shape index (κ3) is 1.64. The lowest BCUT2D eigenvalue weighted by atomic mass is 10.2. The summed E-state index contributed by atoms with van der Waals surface area (Å²) in [7, 11) is 0. The molecule has 0 atom stereocenters. The molecule has 0 amide bonds. The van der Waals surface area contributed by atoms with Gasteiger partial charge in [-0.15, -0.1) is 0 Å². The molecule has 3 rings (SSSR count). The summed E-state index contributed by atoms with van der Waals surface area (Å²) in [5, 5.41) is 11.1. The highest BCUT2D eigenvalue weighted by molar-refractivity contribution is 5.83. The molecule has 0 aliphatic heterocycles. The summed E-state index contributed by atoms with van der Waals surface area (Å²) in [5.74, 6) is -0.388. The Balaban J connectivity index is 2.42. The second-order valence-electron chi connectivity index (χ2n) is 4.31. The molecule has 0 aliphatic carbocycles. The first-order valence-corrected chi connectivity index (χ1v) is 5.79. The van der Waals surface area contributed by atoms with Crippen molar-refractivity contribution in [2.24, 2.45) is 0 Å². The molecule has 0 aliphatic rings. The fourth-order valence-electron chi connectivity index (χ4n) is 2.20. The van der Waals surface area contributed by atoms with Crippen LogP contribution in [0, 0.1) is 19.7 Å². The highest BCUT2D eigenvalue weighted by Gasteiger charge is 2.16. The van der Waals surface area contributed by atoms with Crippen LogP contribution in [0.5, 0.6) is 0 Å². The summed E-state index contributed by atoms with van der Waals surface area (Å²) in [4.78, 5) is 11.7. The van der Waals surface area contributed by atoms with Gasteiger partial charge in [-0.2, -0.15) is 10.2 Å². The van der Waals surface area contributed by atoms with Crippen molar-refractivity contribution in [2.45, 2.75) is 13.8 Å². The minimum absolute atomic E-state index is 0.272. The SMILES string of the molecule is Cc1n[nH]c(=O)c2nn(-c3ccccc3F)c(C)c12. The molecule has 0 unspecified atom stereocenters. The first-order chi connectivity index (χ1) is 9.09. The number of fused-ring (bicyclic) bond motifs is 1. The molecular formula is C13H11FN4O. The van der Waals surface area contributed by atoms with E-state index in [-0.39, 0.29) is 16.9 Å². The van der Waals surface area contributed by atoms with Crippen molar-refractivity contribution < 1.29 is 4.39 Å². The van der Waals surface area contributed by atoms with Gasteiger partial charge in [0.1, 0.15) is 11.5 Å². The maximum atomic E-state index is 13.8. The van der Waals surface area contributed by atoms with Gasteiger partial charge in [-0.1, -0.05) is 12.1 Å². The van der Waals surface area contributed by atoms with Crippen molar-refractivity contribution in [3.05, 3.63) is 51.8 Å². The largest absolute Gasteiger partial charge is 0.292 e. The van der Waals surface area contributed by atoms with Crippen LogP contribution >= 0.6 is 0 Å². The zero-order valence-electron chi connectivity index (χ0n) is 10.4. The Labute approximate surface area is 107 Å². The maximum absolute atomic E-state index is 13.8. The first kappa shape index (κ1) is 11.6. The molecule has 1 aromatic carbocycles. The summed E-state index contributed by atoms with van der Waals surface area (Å²) in [5.41, 5.74) is 1.56. The van der Waals surface area contributed by atoms with E-state index in [4.69, 9.17) is 0 Å². The van der Waals surface area contributed by atoms with Gasteiger partial charge in [-0.05, 0) is 26.0 Å². The average molecular weight is 258 g/mol. The van der Waals surface area contributed by atoms with E-state index < -0.39 is 0 Å². The average Bonchev–Trinajstić information content (AvgIpc) is 2.74. The molecule has 0 radical (unpaired) electrons. The predicted molar refractivity (Wildman–Crippen MR) is 68.9 cm³/mol. The molecule has 2 aromatic heterocycles. The van der Waals surface area contributed by atoms with Gasteiger partial charge in [0.25, 0.3) is 5.56 Å². The van der Waals surface area contributed by atoms with Gasteiger partial charge in [0.2, 0.25) is 0 Å². The van der Waals surface area contributed by atoms with Gasteiger partial charge in [0, 0.05) is 0 Å². The van der Waals surface area contributed by atoms with Crippen molar-refractivity contribution in [2.75, 3.05) is 0 Å². The Morgan fingerprint density at radius 3 is 2.68 bits per heavy atom. The number of nitrogens with zero attached hydrogens (tertiary/aromatic N) is 3. The molecule has 0 bridgehead atoms. The smallest absolute Gasteiger partial charge is 0.265 e. The topological polar surface area (TPSA) is 63.6 Å². The van der Waals surface area contributed by atoms with Crippen molar-refractivity contribution in [1.29, 1.82) is 0 Å². The predicted octanol–water partition coefficient (Wildman–Crippen LogP) is 1.86. The molecule has 6 heteroatoms. The van der Waals surface area contributed by atoms with Gasteiger partial charge in [-0.3, -0.25) is 4.79 Å². The van der Waals surface area contributed by atoms with Crippen LogP contribution in [0.15, 0.2) is 29.1 Å². The van der Waals surface area contributed by atoms with E-state index in [2.05, 4.69) is 15.3 Å². The maximum Gasteiger partial charge on any atom is 0.292 e. The molecule has 0 saturated carbocycles. The highest BCUT2D eigenvalue weighted by Crippen LogP contribution is 2.21. The molecule has 19 heavy (non-hydrogen) atoms. The summed E-state index contributed by atoms with van der Waals surface area (Å²) < 4.78 is 15.3. The second-order valence-corrected chi connectivity index (χ2v) is 4.31. The standard InChI is InChI=1S/C13H11FN4O/c1-7-11-8(2)18(10-6-4-3-5-9(10)14)17-12(11)13(19)16-15-7/h3-6H,1-2H3,(H,16,19). The third-order valence-corrected chi connectivity index (χ3v) is 3.10. The van der Waals surface area contributed by atoms with Crippen LogP contribution in [0.25, 0.3) is 16.6 Å². The van der Waals surface area contributed by atoms with Crippen LogP contribution in [-0.2, 0) is 0 Å².